The number of amides is 1. The van der Waals surface area contributed by atoms with Crippen molar-refractivity contribution in [1.82, 2.24) is 4.98 Å². The average Bonchev–Trinajstić information content (AvgIpc) is 3.11. The Morgan fingerprint density at radius 1 is 1.06 bits per heavy atom. The van der Waals surface area contributed by atoms with E-state index in [1.165, 1.54) is 12.1 Å². The quantitative estimate of drug-likeness (QED) is 0.348. The van der Waals surface area contributed by atoms with Crippen LogP contribution in [0.4, 0.5) is 10.2 Å². The first-order valence-electron chi connectivity index (χ1n) is 9.70. The lowest BCUT2D eigenvalue weighted by atomic mass is 10.1. The molecule has 32 heavy (non-hydrogen) atoms. The number of esters is 1. The van der Waals surface area contributed by atoms with Crippen molar-refractivity contribution in [2.24, 2.45) is 0 Å². The van der Waals surface area contributed by atoms with E-state index in [1.54, 1.807) is 51.1 Å². The third-order valence-corrected chi connectivity index (χ3v) is 6.76. The van der Waals surface area contributed by atoms with Gasteiger partial charge in [-0.15, -0.1) is 11.3 Å². The fourth-order valence-electron chi connectivity index (χ4n) is 3.27. The van der Waals surface area contributed by atoms with E-state index < -0.39 is 17.7 Å². The normalized spacial score (nSPS) is 10.9. The number of nitrogens with one attached hydrogen (secondary N) is 1. The lowest BCUT2D eigenvalue weighted by Crippen LogP contribution is -2.16. The molecule has 0 bridgehead atoms. The van der Waals surface area contributed by atoms with Gasteiger partial charge in [0.15, 0.2) is 5.75 Å². The Morgan fingerprint density at radius 2 is 1.78 bits per heavy atom. The topological polar surface area (TPSA) is 68.3 Å². The van der Waals surface area contributed by atoms with Crippen molar-refractivity contribution in [2.45, 2.75) is 20.8 Å². The van der Waals surface area contributed by atoms with Crippen molar-refractivity contribution in [3.63, 3.8) is 0 Å². The zero-order valence-corrected chi connectivity index (χ0v) is 19.0. The number of halogens is 2. The molecule has 2 aromatic carbocycles. The van der Waals surface area contributed by atoms with Crippen molar-refractivity contribution in [1.29, 1.82) is 0 Å². The van der Waals surface area contributed by atoms with E-state index in [9.17, 15) is 14.0 Å². The summed E-state index contributed by atoms with van der Waals surface area (Å²) in [6.07, 6.45) is 0. The number of carbonyl (C=O) groups excluding carboxylic acids is 2. The van der Waals surface area contributed by atoms with E-state index >= 15 is 0 Å². The van der Waals surface area contributed by atoms with Gasteiger partial charge < -0.3 is 10.1 Å². The smallest absolute Gasteiger partial charge is 0.343 e. The van der Waals surface area contributed by atoms with Crippen molar-refractivity contribution in [3.05, 3.63) is 86.6 Å². The first-order valence-corrected chi connectivity index (χ1v) is 10.9. The highest BCUT2D eigenvalue weighted by Crippen LogP contribution is 2.37. The third-order valence-electron chi connectivity index (χ3n) is 5.10. The van der Waals surface area contributed by atoms with Crippen molar-refractivity contribution in [2.75, 3.05) is 5.32 Å². The molecule has 0 aliphatic carbocycles. The van der Waals surface area contributed by atoms with Gasteiger partial charge in [0.05, 0.1) is 16.3 Å². The highest BCUT2D eigenvalue weighted by atomic mass is 35.5. The number of thiophene rings is 1. The van der Waals surface area contributed by atoms with Gasteiger partial charge in [-0.1, -0.05) is 29.8 Å². The largest absolute Gasteiger partial charge is 0.421 e. The maximum Gasteiger partial charge on any atom is 0.343 e. The summed E-state index contributed by atoms with van der Waals surface area (Å²) in [7, 11) is 0. The molecule has 0 aliphatic heterocycles. The van der Waals surface area contributed by atoms with E-state index in [4.69, 9.17) is 16.3 Å². The number of rotatable bonds is 4. The minimum Gasteiger partial charge on any atom is -0.421 e. The predicted octanol–water partition coefficient (Wildman–Crippen LogP) is 6.49. The van der Waals surface area contributed by atoms with Crippen LogP contribution in [0.2, 0.25) is 5.02 Å². The van der Waals surface area contributed by atoms with Gasteiger partial charge in [0.2, 0.25) is 0 Å². The maximum absolute atomic E-state index is 13.5. The molecule has 0 radical (unpaired) electrons. The molecule has 0 spiro atoms. The highest BCUT2D eigenvalue weighted by molar-refractivity contribution is 7.21. The van der Waals surface area contributed by atoms with Crippen LogP contribution in [0.15, 0.2) is 48.5 Å². The second-order valence-electron chi connectivity index (χ2n) is 7.22. The molecule has 5 nitrogen and oxygen atoms in total. The molecule has 8 heteroatoms. The summed E-state index contributed by atoms with van der Waals surface area (Å²) in [6, 6.07) is 12.9. The molecule has 4 aromatic rings. The number of hydrogen-bond donors (Lipinski definition) is 1. The molecule has 0 saturated carbocycles. The van der Waals surface area contributed by atoms with Crippen LogP contribution in [0.3, 0.4) is 0 Å². The number of aromatic nitrogens is 1. The Balaban J connectivity index is 1.62. The van der Waals surface area contributed by atoms with E-state index in [0.717, 1.165) is 11.3 Å². The van der Waals surface area contributed by atoms with E-state index in [-0.39, 0.29) is 9.90 Å². The molecule has 1 N–H and O–H groups in total. The first kappa shape index (κ1) is 21.9. The second kappa shape index (κ2) is 8.68. The molecule has 0 fully saturated rings. The summed E-state index contributed by atoms with van der Waals surface area (Å²) >= 11 is 7.47. The molecular formula is C24H18ClFN2O3S. The third kappa shape index (κ3) is 4.09. The number of hydrogen-bond acceptors (Lipinski definition) is 5. The van der Waals surface area contributed by atoms with Crippen LogP contribution in [-0.4, -0.2) is 16.9 Å². The fraction of sp³-hybridized carbons (Fsp3) is 0.125. The van der Waals surface area contributed by atoms with Crippen molar-refractivity contribution in [3.8, 4) is 5.75 Å². The number of aryl methyl sites for hydroxylation is 1. The lowest BCUT2D eigenvalue weighted by molar-refractivity contribution is 0.0731. The van der Waals surface area contributed by atoms with Crippen molar-refractivity contribution < 1.29 is 18.7 Å². The fourth-order valence-corrected chi connectivity index (χ4v) is 4.71. The van der Waals surface area contributed by atoms with Crippen LogP contribution >= 0.6 is 22.9 Å². The van der Waals surface area contributed by atoms with Gasteiger partial charge >= 0.3 is 5.97 Å². The van der Waals surface area contributed by atoms with Crippen LogP contribution in [-0.2, 0) is 0 Å². The zero-order chi connectivity index (χ0) is 23.0. The summed E-state index contributed by atoms with van der Waals surface area (Å²) in [5.41, 5.74) is 2.22. The Labute approximate surface area is 192 Å². The van der Waals surface area contributed by atoms with Gasteiger partial charge in [0.1, 0.15) is 16.5 Å². The van der Waals surface area contributed by atoms with E-state index in [1.807, 2.05) is 6.07 Å². The molecule has 4 rings (SSSR count). The number of fused-ring (bicyclic) bond motifs is 1. The Hall–Kier alpha value is -3.29. The van der Waals surface area contributed by atoms with E-state index in [0.29, 0.717) is 44.0 Å². The molecule has 0 unspecified atom stereocenters. The summed E-state index contributed by atoms with van der Waals surface area (Å²) in [5.74, 6) is -0.639. The van der Waals surface area contributed by atoms with Crippen LogP contribution in [0.25, 0.3) is 10.1 Å². The number of anilines is 1. The molecule has 1 amide bonds. The van der Waals surface area contributed by atoms with Crippen LogP contribution in [0.1, 0.15) is 36.9 Å². The highest BCUT2D eigenvalue weighted by Gasteiger charge is 2.22. The van der Waals surface area contributed by atoms with Gasteiger partial charge in [-0.3, -0.25) is 4.79 Å². The molecule has 0 atom stereocenters. The van der Waals surface area contributed by atoms with Gasteiger partial charge in [0.25, 0.3) is 5.91 Å². The predicted molar refractivity (Wildman–Crippen MR) is 125 cm³/mol. The summed E-state index contributed by atoms with van der Waals surface area (Å²) in [4.78, 5) is 30.1. The standard InChI is InChI=1S/C24H18ClFN2O3S/c1-12-13(2)22(27-14(3)20(12)31-24(30)15-7-5-4-6-8-15)28-23(29)21-19(25)17-10-9-16(26)11-18(17)32-21/h4-11H,1-3H3,(H,27,28,29). The zero-order valence-electron chi connectivity index (χ0n) is 17.5. The second-order valence-corrected chi connectivity index (χ2v) is 8.65. The first-order chi connectivity index (χ1) is 15.3. The number of nitrogens with zero attached hydrogens (tertiary/aromatic N) is 1. The Kier molecular flexibility index (Phi) is 5.95. The van der Waals surface area contributed by atoms with Gasteiger partial charge in [0, 0.05) is 15.6 Å². The van der Waals surface area contributed by atoms with Crippen molar-refractivity contribution >= 4 is 50.7 Å². The molecule has 162 valence electrons. The van der Waals surface area contributed by atoms with E-state index in [2.05, 4.69) is 10.3 Å². The minimum absolute atomic E-state index is 0.266. The van der Waals surface area contributed by atoms with Gasteiger partial charge in [-0.05, 0) is 56.7 Å². The SMILES string of the molecule is Cc1nc(NC(=O)c2sc3cc(F)ccc3c2Cl)c(C)c(C)c1OC(=O)c1ccccc1. The summed E-state index contributed by atoms with van der Waals surface area (Å²) in [5, 5.41) is 3.66. The number of carbonyl (C=O) groups is 2. The molecule has 0 saturated heterocycles. The van der Waals surface area contributed by atoms with Gasteiger partial charge in [-0.2, -0.15) is 0 Å². The molecule has 2 heterocycles. The lowest BCUT2D eigenvalue weighted by Gasteiger charge is -2.16. The average molecular weight is 469 g/mol. The summed E-state index contributed by atoms with van der Waals surface area (Å²) in [6.45, 7) is 5.27. The minimum atomic E-state index is -0.487. The van der Waals surface area contributed by atoms with Crippen LogP contribution in [0, 0.1) is 26.6 Å². The molecule has 0 aliphatic rings. The number of pyridine rings is 1. The van der Waals surface area contributed by atoms with Crippen LogP contribution in [0.5, 0.6) is 5.75 Å². The Bertz CT molecular complexity index is 1370. The monoisotopic (exact) mass is 468 g/mol. The Morgan fingerprint density at radius 3 is 2.50 bits per heavy atom. The van der Waals surface area contributed by atoms with Gasteiger partial charge in [-0.25, -0.2) is 14.2 Å². The molecule has 2 aromatic heterocycles. The maximum atomic E-state index is 13.5. The molecular weight excluding hydrogens is 451 g/mol. The number of ether oxygens (including phenoxy) is 1. The van der Waals surface area contributed by atoms with Crippen LogP contribution < -0.4 is 10.1 Å². The summed E-state index contributed by atoms with van der Waals surface area (Å²) < 4.78 is 19.7. The number of benzene rings is 2.